The van der Waals surface area contributed by atoms with E-state index in [0.29, 0.717) is 6.54 Å². The molecule has 0 amide bonds. The molecule has 0 aliphatic rings. The summed E-state index contributed by atoms with van der Waals surface area (Å²) in [6, 6.07) is 7.17. The number of methoxy groups -OCH3 is 1. The summed E-state index contributed by atoms with van der Waals surface area (Å²) in [4.78, 5) is 0. The van der Waals surface area contributed by atoms with Crippen LogP contribution < -0.4 is 10.1 Å². The Bertz CT molecular complexity index is 592. The Hall–Kier alpha value is -1.81. The van der Waals surface area contributed by atoms with Crippen LogP contribution in [-0.2, 0) is 6.54 Å². The number of hydrogen-bond donors (Lipinski definition) is 1. The van der Waals surface area contributed by atoms with Crippen molar-refractivity contribution in [3.05, 3.63) is 52.7 Å². The lowest BCUT2D eigenvalue weighted by molar-refractivity contribution is 0.386. The number of rotatable bonds is 5. The maximum absolute atomic E-state index is 13.6. The minimum Gasteiger partial charge on any atom is -0.494 e. The Morgan fingerprint density at radius 1 is 1.30 bits per heavy atom. The van der Waals surface area contributed by atoms with Gasteiger partial charge >= 0.3 is 0 Å². The molecule has 4 heteroatoms. The zero-order chi connectivity index (χ0) is 14.7. The summed E-state index contributed by atoms with van der Waals surface area (Å²) in [5.74, 6) is 1.75. The van der Waals surface area contributed by atoms with Crippen LogP contribution in [0.5, 0.6) is 5.75 Å². The summed E-state index contributed by atoms with van der Waals surface area (Å²) in [6.45, 7) is 6.54. The molecular weight excluding hydrogens is 257 g/mol. The number of benzene rings is 1. The van der Waals surface area contributed by atoms with Crippen LogP contribution in [0, 0.1) is 19.7 Å². The summed E-state index contributed by atoms with van der Waals surface area (Å²) in [6.07, 6.45) is 0. The Balaban J connectivity index is 2.01. The van der Waals surface area contributed by atoms with Crippen LogP contribution in [-0.4, -0.2) is 7.11 Å². The smallest absolute Gasteiger partial charge is 0.165 e. The van der Waals surface area contributed by atoms with Crippen molar-refractivity contribution in [3.63, 3.8) is 0 Å². The molecule has 0 bridgehead atoms. The van der Waals surface area contributed by atoms with Gasteiger partial charge in [0.05, 0.1) is 7.11 Å². The third-order valence-electron chi connectivity index (χ3n) is 3.37. The first-order chi connectivity index (χ1) is 9.51. The number of furan rings is 1. The molecule has 1 heterocycles. The third-order valence-corrected chi connectivity index (χ3v) is 3.37. The minimum absolute atomic E-state index is 0.151. The summed E-state index contributed by atoms with van der Waals surface area (Å²) in [5.41, 5.74) is 2.02. The molecule has 0 saturated carbocycles. The van der Waals surface area contributed by atoms with Crippen LogP contribution >= 0.6 is 0 Å². The molecule has 20 heavy (non-hydrogen) atoms. The van der Waals surface area contributed by atoms with Gasteiger partial charge in [-0.05, 0) is 44.5 Å². The first kappa shape index (κ1) is 14.6. The van der Waals surface area contributed by atoms with Gasteiger partial charge in [0.2, 0.25) is 0 Å². The molecule has 0 saturated heterocycles. The molecule has 2 aromatic rings. The van der Waals surface area contributed by atoms with Gasteiger partial charge in [-0.2, -0.15) is 0 Å². The van der Waals surface area contributed by atoms with Gasteiger partial charge < -0.3 is 14.5 Å². The van der Waals surface area contributed by atoms with E-state index >= 15 is 0 Å². The fourth-order valence-corrected chi connectivity index (χ4v) is 2.28. The van der Waals surface area contributed by atoms with Crippen LogP contribution in [0.25, 0.3) is 0 Å². The van der Waals surface area contributed by atoms with Crippen molar-refractivity contribution in [2.75, 3.05) is 7.11 Å². The van der Waals surface area contributed by atoms with Crippen molar-refractivity contribution >= 4 is 0 Å². The van der Waals surface area contributed by atoms with Crippen molar-refractivity contribution < 1.29 is 13.5 Å². The van der Waals surface area contributed by atoms with Gasteiger partial charge in [0.1, 0.15) is 11.5 Å². The maximum Gasteiger partial charge on any atom is 0.165 e. The predicted octanol–water partition coefficient (Wildman–Crippen LogP) is 3.89. The SMILES string of the molecule is COc1ccc(CNC(C)c2cc(C)oc2C)cc1F. The van der Waals surface area contributed by atoms with Gasteiger partial charge in [0, 0.05) is 18.2 Å². The normalized spacial score (nSPS) is 12.4. The topological polar surface area (TPSA) is 34.4 Å². The quantitative estimate of drug-likeness (QED) is 0.900. The van der Waals surface area contributed by atoms with Crippen molar-refractivity contribution in [2.24, 2.45) is 0 Å². The van der Waals surface area contributed by atoms with Crippen molar-refractivity contribution in [3.8, 4) is 5.75 Å². The first-order valence-corrected chi connectivity index (χ1v) is 6.64. The van der Waals surface area contributed by atoms with E-state index in [9.17, 15) is 4.39 Å². The Labute approximate surface area is 118 Å². The molecule has 0 radical (unpaired) electrons. The summed E-state index contributed by atoms with van der Waals surface area (Å²) in [7, 11) is 1.46. The van der Waals surface area contributed by atoms with E-state index in [4.69, 9.17) is 9.15 Å². The maximum atomic E-state index is 13.6. The van der Waals surface area contributed by atoms with Crippen LogP contribution in [0.2, 0.25) is 0 Å². The van der Waals surface area contributed by atoms with E-state index < -0.39 is 0 Å². The highest BCUT2D eigenvalue weighted by Gasteiger charge is 2.12. The third kappa shape index (κ3) is 3.20. The Kier molecular flexibility index (Phi) is 4.45. The lowest BCUT2D eigenvalue weighted by Crippen LogP contribution is -2.18. The molecule has 0 spiro atoms. The van der Waals surface area contributed by atoms with Gasteiger partial charge in [-0.15, -0.1) is 0 Å². The highest BCUT2D eigenvalue weighted by atomic mass is 19.1. The zero-order valence-corrected chi connectivity index (χ0v) is 12.3. The Morgan fingerprint density at radius 3 is 2.60 bits per heavy atom. The summed E-state index contributed by atoms with van der Waals surface area (Å²) in [5, 5.41) is 3.37. The van der Waals surface area contributed by atoms with E-state index in [1.165, 1.54) is 13.2 Å². The molecule has 0 aliphatic carbocycles. The van der Waals surface area contributed by atoms with E-state index in [1.54, 1.807) is 6.07 Å². The summed E-state index contributed by atoms with van der Waals surface area (Å²) >= 11 is 0. The number of hydrogen-bond acceptors (Lipinski definition) is 3. The highest BCUT2D eigenvalue weighted by Crippen LogP contribution is 2.22. The lowest BCUT2D eigenvalue weighted by Gasteiger charge is -2.13. The molecule has 1 N–H and O–H groups in total. The van der Waals surface area contributed by atoms with E-state index in [2.05, 4.69) is 12.2 Å². The largest absolute Gasteiger partial charge is 0.494 e. The average molecular weight is 277 g/mol. The predicted molar refractivity (Wildman–Crippen MR) is 76.4 cm³/mol. The van der Waals surface area contributed by atoms with E-state index in [-0.39, 0.29) is 17.6 Å². The molecule has 1 aromatic heterocycles. The van der Waals surface area contributed by atoms with E-state index in [1.807, 2.05) is 26.0 Å². The fraction of sp³-hybridized carbons (Fsp3) is 0.375. The number of ether oxygens (including phenoxy) is 1. The van der Waals surface area contributed by atoms with Crippen molar-refractivity contribution in [2.45, 2.75) is 33.4 Å². The fourth-order valence-electron chi connectivity index (χ4n) is 2.28. The average Bonchev–Trinajstić information content (AvgIpc) is 2.75. The van der Waals surface area contributed by atoms with Crippen LogP contribution in [0.15, 0.2) is 28.7 Å². The van der Waals surface area contributed by atoms with Gasteiger partial charge in [-0.3, -0.25) is 0 Å². The van der Waals surface area contributed by atoms with Gasteiger partial charge in [-0.1, -0.05) is 6.07 Å². The molecule has 1 aromatic carbocycles. The van der Waals surface area contributed by atoms with Crippen molar-refractivity contribution in [1.82, 2.24) is 5.32 Å². The van der Waals surface area contributed by atoms with Gasteiger partial charge in [0.25, 0.3) is 0 Å². The van der Waals surface area contributed by atoms with Gasteiger partial charge in [0.15, 0.2) is 11.6 Å². The lowest BCUT2D eigenvalue weighted by atomic mass is 10.1. The molecule has 0 aliphatic heterocycles. The van der Waals surface area contributed by atoms with E-state index in [0.717, 1.165) is 22.6 Å². The molecule has 0 fully saturated rings. The second kappa shape index (κ2) is 6.09. The molecule has 108 valence electrons. The minimum atomic E-state index is -0.338. The molecule has 1 atom stereocenters. The number of halogens is 1. The van der Waals surface area contributed by atoms with Crippen molar-refractivity contribution in [1.29, 1.82) is 0 Å². The number of aryl methyl sites for hydroxylation is 2. The van der Waals surface area contributed by atoms with Crippen LogP contribution in [0.3, 0.4) is 0 Å². The van der Waals surface area contributed by atoms with Crippen LogP contribution in [0.1, 0.15) is 35.6 Å². The summed E-state index contributed by atoms with van der Waals surface area (Å²) < 4.78 is 24.0. The first-order valence-electron chi connectivity index (χ1n) is 6.64. The second-order valence-corrected chi connectivity index (χ2v) is 4.94. The highest BCUT2D eigenvalue weighted by molar-refractivity contribution is 5.29. The second-order valence-electron chi connectivity index (χ2n) is 4.94. The molecule has 1 unspecified atom stereocenters. The molecule has 3 nitrogen and oxygen atoms in total. The standard InChI is InChI=1S/C16H20FNO2/c1-10-7-14(12(3)20-10)11(2)18-9-13-5-6-16(19-4)15(17)8-13/h5-8,11,18H,9H2,1-4H3. The van der Waals surface area contributed by atoms with Crippen LogP contribution in [0.4, 0.5) is 4.39 Å². The molecular formula is C16H20FNO2. The molecule has 2 rings (SSSR count). The Morgan fingerprint density at radius 2 is 2.05 bits per heavy atom. The monoisotopic (exact) mass is 277 g/mol. The zero-order valence-electron chi connectivity index (χ0n) is 12.3. The van der Waals surface area contributed by atoms with Gasteiger partial charge in [-0.25, -0.2) is 4.39 Å². The number of nitrogens with one attached hydrogen (secondary N) is 1.